The van der Waals surface area contributed by atoms with Crippen molar-refractivity contribution in [1.29, 1.82) is 0 Å². The van der Waals surface area contributed by atoms with E-state index in [-0.39, 0.29) is 0 Å². The Bertz CT molecular complexity index is 507. The summed E-state index contributed by atoms with van der Waals surface area (Å²) in [4.78, 5) is 12.0. The van der Waals surface area contributed by atoms with Gasteiger partial charge in [-0.15, -0.1) is 0 Å². The van der Waals surface area contributed by atoms with Crippen LogP contribution in [-0.4, -0.2) is 26.7 Å². The van der Waals surface area contributed by atoms with Gasteiger partial charge in [0.05, 0.1) is 20.8 Å². The van der Waals surface area contributed by atoms with Gasteiger partial charge in [0.1, 0.15) is 5.75 Å². The van der Waals surface area contributed by atoms with Gasteiger partial charge in [0.2, 0.25) is 5.54 Å². The number of rotatable bonds is 3. The minimum absolute atomic E-state index is 0.334. The van der Waals surface area contributed by atoms with Gasteiger partial charge in [-0.05, 0) is 23.3 Å². The third kappa shape index (κ3) is 1.68. The third-order valence-corrected chi connectivity index (χ3v) is 2.98. The van der Waals surface area contributed by atoms with Crippen LogP contribution < -0.4 is 4.74 Å². The smallest absolute Gasteiger partial charge is 0.344 e. The highest BCUT2D eigenvalue weighted by Gasteiger charge is 2.47. The Morgan fingerprint density at radius 3 is 2.44 bits per heavy atom. The van der Waals surface area contributed by atoms with Crippen molar-refractivity contribution in [2.75, 3.05) is 20.8 Å². The largest absolute Gasteiger partial charge is 0.497 e. The van der Waals surface area contributed by atoms with Gasteiger partial charge in [-0.3, -0.25) is 0 Å². The summed E-state index contributed by atoms with van der Waals surface area (Å²) in [7, 11) is 2.91. The molecule has 0 aromatic heterocycles. The highest BCUT2D eigenvalue weighted by molar-refractivity contribution is 5.87. The predicted molar refractivity (Wildman–Crippen MR) is 65.6 cm³/mol. The molecule has 94 valence electrons. The molecule has 1 aromatic rings. The van der Waals surface area contributed by atoms with Crippen LogP contribution in [0.4, 0.5) is 0 Å². The van der Waals surface area contributed by atoms with E-state index in [1.807, 2.05) is 0 Å². The van der Waals surface area contributed by atoms with Crippen LogP contribution in [0.1, 0.15) is 5.56 Å². The predicted octanol–water partition coefficient (Wildman–Crippen LogP) is 2.09. The fourth-order valence-corrected chi connectivity index (χ4v) is 1.96. The molecule has 5 nitrogen and oxygen atoms in total. The van der Waals surface area contributed by atoms with Crippen LogP contribution in [-0.2, 0) is 15.1 Å². The Hall–Kier alpha value is -2.17. The third-order valence-electron chi connectivity index (χ3n) is 2.98. The fourth-order valence-electron chi connectivity index (χ4n) is 1.96. The molecule has 0 saturated heterocycles. The van der Waals surface area contributed by atoms with E-state index in [0.717, 1.165) is 0 Å². The summed E-state index contributed by atoms with van der Waals surface area (Å²) in [6, 6.07) is 7.07. The molecular formula is C13H14N2O3. The fraction of sp³-hybridized carbons (Fsp3) is 0.308. The molecule has 0 amide bonds. The number of azo groups is 1. The van der Waals surface area contributed by atoms with E-state index in [0.29, 0.717) is 23.4 Å². The Labute approximate surface area is 105 Å². The second-order valence-electron chi connectivity index (χ2n) is 3.93. The van der Waals surface area contributed by atoms with E-state index in [1.165, 1.54) is 7.11 Å². The maximum atomic E-state index is 12.0. The molecule has 1 aliphatic heterocycles. The number of nitrogens with zero attached hydrogens (tertiary/aromatic N) is 2. The van der Waals surface area contributed by atoms with Crippen LogP contribution in [0.3, 0.4) is 0 Å². The van der Waals surface area contributed by atoms with Crippen LogP contribution >= 0.6 is 0 Å². The van der Waals surface area contributed by atoms with Crippen molar-refractivity contribution in [2.24, 2.45) is 10.2 Å². The van der Waals surface area contributed by atoms with Crippen molar-refractivity contribution in [3.63, 3.8) is 0 Å². The highest BCUT2D eigenvalue weighted by atomic mass is 16.5. The maximum Gasteiger partial charge on any atom is 0.344 e. The monoisotopic (exact) mass is 246 g/mol. The molecule has 0 spiro atoms. The highest BCUT2D eigenvalue weighted by Crippen LogP contribution is 2.39. The van der Waals surface area contributed by atoms with Gasteiger partial charge in [0, 0.05) is 0 Å². The molecule has 1 aromatic carbocycles. The molecule has 0 fully saturated rings. The average Bonchev–Trinajstić information content (AvgIpc) is 2.81. The van der Waals surface area contributed by atoms with Gasteiger partial charge >= 0.3 is 5.97 Å². The number of esters is 1. The topological polar surface area (TPSA) is 60.2 Å². The molecule has 0 radical (unpaired) electrons. The molecule has 2 rings (SSSR count). The van der Waals surface area contributed by atoms with E-state index in [4.69, 9.17) is 9.47 Å². The number of methoxy groups -OCH3 is 2. The van der Waals surface area contributed by atoms with Crippen molar-refractivity contribution in [1.82, 2.24) is 0 Å². The number of carbonyl (C=O) groups excluding carboxylic acids is 1. The Kier molecular flexibility index (Phi) is 3.14. The zero-order valence-corrected chi connectivity index (χ0v) is 10.3. The minimum Gasteiger partial charge on any atom is -0.497 e. The SMILES string of the molecule is C=C1CN=NC1(C(=O)OC)c1ccc(OC)cc1. The van der Waals surface area contributed by atoms with Crippen molar-refractivity contribution in [2.45, 2.75) is 5.54 Å². The summed E-state index contributed by atoms with van der Waals surface area (Å²) in [6.45, 7) is 4.21. The van der Waals surface area contributed by atoms with Crippen LogP contribution in [0.25, 0.3) is 0 Å². The second kappa shape index (κ2) is 4.60. The summed E-state index contributed by atoms with van der Waals surface area (Å²) < 4.78 is 9.92. The van der Waals surface area contributed by atoms with Crippen molar-refractivity contribution in [3.8, 4) is 5.75 Å². The van der Waals surface area contributed by atoms with E-state index >= 15 is 0 Å². The molecule has 5 heteroatoms. The lowest BCUT2D eigenvalue weighted by molar-refractivity contribution is -0.145. The van der Waals surface area contributed by atoms with Crippen molar-refractivity contribution in [3.05, 3.63) is 42.0 Å². The number of hydrogen-bond donors (Lipinski definition) is 0. The molecule has 0 N–H and O–H groups in total. The van der Waals surface area contributed by atoms with Gasteiger partial charge < -0.3 is 9.47 Å². The van der Waals surface area contributed by atoms with Crippen LogP contribution in [0.5, 0.6) is 5.75 Å². The molecule has 1 heterocycles. The summed E-state index contributed by atoms with van der Waals surface area (Å²) in [6.07, 6.45) is 0. The van der Waals surface area contributed by atoms with Crippen LogP contribution in [0.15, 0.2) is 46.6 Å². The quantitative estimate of drug-likeness (QED) is 0.606. The minimum atomic E-state index is -1.21. The summed E-state index contributed by atoms with van der Waals surface area (Å²) in [5.41, 5.74) is 0.0852. The zero-order chi connectivity index (χ0) is 13.2. The molecule has 0 aliphatic carbocycles. The molecule has 1 atom stereocenters. The summed E-state index contributed by atoms with van der Waals surface area (Å²) in [5.74, 6) is 0.234. The standard InChI is InChI=1S/C13H14N2O3/c1-9-8-14-15-13(9,12(16)18-3)10-4-6-11(17-2)7-5-10/h4-7H,1,8H2,2-3H3. The Morgan fingerprint density at radius 2 is 2.00 bits per heavy atom. The molecule has 18 heavy (non-hydrogen) atoms. The van der Waals surface area contributed by atoms with Gasteiger partial charge in [0.25, 0.3) is 0 Å². The number of ether oxygens (including phenoxy) is 2. The molecule has 0 saturated carbocycles. The first-order chi connectivity index (χ1) is 8.65. The van der Waals surface area contributed by atoms with E-state index in [1.54, 1.807) is 31.4 Å². The normalized spacial score (nSPS) is 22.0. The lowest BCUT2D eigenvalue weighted by Crippen LogP contribution is -2.35. The van der Waals surface area contributed by atoms with E-state index in [9.17, 15) is 4.79 Å². The van der Waals surface area contributed by atoms with E-state index < -0.39 is 11.5 Å². The number of benzene rings is 1. The first kappa shape index (κ1) is 12.3. The Morgan fingerprint density at radius 1 is 1.33 bits per heavy atom. The molecular weight excluding hydrogens is 232 g/mol. The van der Waals surface area contributed by atoms with Crippen LogP contribution in [0.2, 0.25) is 0 Å². The summed E-state index contributed by atoms with van der Waals surface area (Å²) >= 11 is 0. The number of hydrogen-bond acceptors (Lipinski definition) is 5. The first-order valence-electron chi connectivity index (χ1n) is 5.45. The van der Waals surface area contributed by atoms with Crippen molar-refractivity contribution < 1.29 is 14.3 Å². The van der Waals surface area contributed by atoms with Gasteiger partial charge in [-0.25, -0.2) is 4.79 Å². The Balaban J connectivity index is 2.50. The molecule has 1 aliphatic rings. The molecule has 0 bridgehead atoms. The van der Waals surface area contributed by atoms with Gasteiger partial charge in [0.15, 0.2) is 0 Å². The molecule has 1 unspecified atom stereocenters. The van der Waals surface area contributed by atoms with Gasteiger partial charge in [-0.2, -0.15) is 10.2 Å². The maximum absolute atomic E-state index is 12.0. The average molecular weight is 246 g/mol. The van der Waals surface area contributed by atoms with Gasteiger partial charge in [-0.1, -0.05) is 18.7 Å². The lowest BCUT2D eigenvalue weighted by atomic mass is 9.85. The van der Waals surface area contributed by atoms with Crippen LogP contribution in [0, 0.1) is 0 Å². The second-order valence-corrected chi connectivity index (χ2v) is 3.93. The first-order valence-corrected chi connectivity index (χ1v) is 5.45. The summed E-state index contributed by atoms with van der Waals surface area (Å²) in [5, 5.41) is 7.95. The van der Waals surface area contributed by atoms with Crippen molar-refractivity contribution >= 4 is 5.97 Å². The van der Waals surface area contributed by atoms with E-state index in [2.05, 4.69) is 16.8 Å². The lowest BCUT2D eigenvalue weighted by Gasteiger charge is -2.23. The number of carbonyl (C=O) groups is 1. The zero-order valence-electron chi connectivity index (χ0n) is 10.3.